The molecule has 1 N–H and O–H groups in total. The van der Waals surface area contributed by atoms with Crippen LogP contribution in [0.1, 0.15) is 18.4 Å². The average Bonchev–Trinajstić information content (AvgIpc) is 3.32. The normalized spacial score (nSPS) is 13.3. The number of ether oxygens (including phenoxy) is 3. The number of fused-ring (bicyclic) bond motifs is 2. The third-order valence-corrected chi connectivity index (χ3v) is 5.29. The van der Waals surface area contributed by atoms with E-state index in [2.05, 4.69) is 10.3 Å². The van der Waals surface area contributed by atoms with Gasteiger partial charge < -0.3 is 19.5 Å². The van der Waals surface area contributed by atoms with Gasteiger partial charge in [-0.2, -0.15) is 0 Å². The summed E-state index contributed by atoms with van der Waals surface area (Å²) in [5.74, 6) is 0.352. The lowest BCUT2D eigenvalue weighted by Gasteiger charge is -2.13. The van der Waals surface area contributed by atoms with Gasteiger partial charge in [-0.1, -0.05) is 12.1 Å². The van der Waals surface area contributed by atoms with Crippen molar-refractivity contribution in [1.29, 1.82) is 0 Å². The molecule has 0 radical (unpaired) electrons. The summed E-state index contributed by atoms with van der Waals surface area (Å²) < 4.78 is 16.8. The van der Waals surface area contributed by atoms with Crippen LogP contribution in [0.4, 0.5) is 5.69 Å². The van der Waals surface area contributed by atoms with Crippen LogP contribution in [0.15, 0.2) is 42.5 Å². The lowest BCUT2D eigenvalue weighted by molar-refractivity contribution is -0.153. The highest BCUT2D eigenvalue weighted by Crippen LogP contribution is 2.34. The quantitative estimate of drug-likeness (QED) is 0.639. The smallest absolute Gasteiger partial charge is 0.306 e. The Labute approximate surface area is 165 Å². The zero-order valence-corrected chi connectivity index (χ0v) is 16.0. The van der Waals surface area contributed by atoms with E-state index >= 15 is 0 Å². The predicted octanol–water partition coefficient (Wildman–Crippen LogP) is 3.53. The number of anilines is 1. The van der Waals surface area contributed by atoms with E-state index in [-0.39, 0.29) is 13.2 Å². The van der Waals surface area contributed by atoms with Gasteiger partial charge in [0.05, 0.1) is 21.6 Å². The maximum absolute atomic E-state index is 12.3. The number of thiazole rings is 1. The molecule has 1 aliphatic rings. The van der Waals surface area contributed by atoms with Crippen LogP contribution in [0.5, 0.6) is 11.5 Å². The number of hydrogen-bond donors (Lipinski definition) is 1. The maximum Gasteiger partial charge on any atom is 0.306 e. The number of aromatic nitrogens is 1. The fourth-order valence-corrected chi connectivity index (χ4v) is 3.73. The maximum atomic E-state index is 12.3. The standard InChI is InChI=1S/C20H18N2O5S/c1-12(20(24)21-13-6-7-15-16(10-13)26-11-25-15)27-19(23)9-8-18-22-14-4-2-3-5-17(14)28-18/h2-7,10,12H,8-9,11H2,1H3,(H,21,24)/t12-/m0/s1. The van der Waals surface area contributed by atoms with Gasteiger partial charge in [0.1, 0.15) is 0 Å². The van der Waals surface area contributed by atoms with Gasteiger partial charge in [0.25, 0.3) is 5.91 Å². The number of nitrogens with one attached hydrogen (secondary N) is 1. The van der Waals surface area contributed by atoms with Crippen LogP contribution in [-0.4, -0.2) is 29.8 Å². The predicted molar refractivity (Wildman–Crippen MR) is 105 cm³/mol. The van der Waals surface area contributed by atoms with Gasteiger partial charge in [0.2, 0.25) is 6.79 Å². The largest absolute Gasteiger partial charge is 0.454 e. The van der Waals surface area contributed by atoms with Crippen LogP contribution >= 0.6 is 11.3 Å². The third-order valence-electron chi connectivity index (χ3n) is 4.20. The van der Waals surface area contributed by atoms with E-state index in [0.29, 0.717) is 23.6 Å². The second kappa shape index (κ2) is 7.85. The Morgan fingerprint density at radius 1 is 1.21 bits per heavy atom. The molecule has 144 valence electrons. The van der Waals surface area contributed by atoms with Crippen molar-refractivity contribution >= 4 is 39.1 Å². The van der Waals surface area contributed by atoms with E-state index in [0.717, 1.165) is 15.2 Å². The van der Waals surface area contributed by atoms with Gasteiger partial charge in [0.15, 0.2) is 17.6 Å². The van der Waals surface area contributed by atoms with Gasteiger partial charge >= 0.3 is 5.97 Å². The molecule has 3 aromatic rings. The molecule has 0 saturated carbocycles. The Kier molecular flexibility index (Phi) is 5.12. The third kappa shape index (κ3) is 4.07. The summed E-state index contributed by atoms with van der Waals surface area (Å²) in [6, 6.07) is 12.9. The molecule has 0 bridgehead atoms. The number of carbonyl (C=O) groups is 2. The van der Waals surface area contributed by atoms with Crippen molar-refractivity contribution in [2.45, 2.75) is 25.9 Å². The highest BCUT2D eigenvalue weighted by molar-refractivity contribution is 7.18. The fourth-order valence-electron chi connectivity index (χ4n) is 2.76. The number of esters is 1. The Hall–Kier alpha value is -3.13. The minimum absolute atomic E-state index is 0.162. The van der Waals surface area contributed by atoms with E-state index in [4.69, 9.17) is 14.2 Å². The number of hydrogen-bond acceptors (Lipinski definition) is 7. The Morgan fingerprint density at radius 2 is 2.04 bits per heavy atom. The number of rotatable bonds is 6. The summed E-state index contributed by atoms with van der Waals surface area (Å²) in [5.41, 5.74) is 1.47. The number of benzene rings is 2. The van der Waals surface area contributed by atoms with Crippen LogP contribution in [-0.2, 0) is 20.7 Å². The van der Waals surface area contributed by atoms with Crippen molar-refractivity contribution in [1.82, 2.24) is 4.98 Å². The molecule has 0 spiro atoms. The van der Waals surface area contributed by atoms with Crippen molar-refractivity contribution in [2.75, 3.05) is 12.1 Å². The SMILES string of the molecule is C[C@H](OC(=O)CCc1nc2ccccc2s1)C(=O)Nc1ccc2c(c1)OCO2. The first kappa shape index (κ1) is 18.2. The number of nitrogens with zero attached hydrogens (tertiary/aromatic N) is 1. The molecule has 7 nitrogen and oxygen atoms in total. The van der Waals surface area contributed by atoms with Crippen molar-refractivity contribution in [3.63, 3.8) is 0 Å². The molecule has 0 aliphatic carbocycles. The Bertz CT molecular complexity index is 999. The molecule has 2 aromatic carbocycles. The van der Waals surface area contributed by atoms with E-state index in [1.54, 1.807) is 29.5 Å². The number of amides is 1. The van der Waals surface area contributed by atoms with Crippen LogP contribution in [0.2, 0.25) is 0 Å². The second-order valence-electron chi connectivity index (χ2n) is 6.26. The Morgan fingerprint density at radius 3 is 2.89 bits per heavy atom. The lowest BCUT2D eigenvalue weighted by Crippen LogP contribution is -2.30. The molecule has 0 saturated heterocycles. The summed E-state index contributed by atoms with van der Waals surface area (Å²) in [5, 5.41) is 3.58. The molecule has 1 atom stereocenters. The summed E-state index contributed by atoms with van der Waals surface area (Å²) in [7, 11) is 0. The zero-order valence-electron chi connectivity index (χ0n) is 15.1. The van der Waals surface area contributed by atoms with E-state index in [9.17, 15) is 9.59 Å². The average molecular weight is 398 g/mol. The minimum Gasteiger partial charge on any atom is -0.454 e. The van der Waals surface area contributed by atoms with E-state index in [1.165, 1.54) is 6.92 Å². The highest BCUT2D eigenvalue weighted by Gasteiger charge is 2.20. The van der Waals surface area contributed by atoms with Gasteiger partial charge in [-0.25, -0.2) is 4.98 Å². The van der Waals surface area contributed by atoms with Crippen molar-refractivity contribution in [3.05, 3.63) is 47.5 Å². The molecular formula is C20H18N2O5S. The summed E-state index contributed by atoms with van der Waals surface area (Å²) in [6.45, 7) is 1.70. The molecule has 0 fully saturated rings. The van der Waals surface area contributed by atoms with Crippen LogP contribution in [0.3, 0.4) is 0 Å². The van der Waals surface area contributed by atoms with Crippen molar-refractivity contribution < 1.29 is 23.8 Å². The summed E-state index contributed by atoms with van der Waals surface area (Å²) in [4.78, 5) is 28.9. The topological polar surface area (TPSA) is 86.8 Å². The summed E-state index contributed by atoms with van der Waals surface area (Å²) >= 11 is 1.56. The molecule has 4 rings (SSSR count). The molecule has 8 heteroatoms. The monoisotopic (exact) mass is 398 g/mol. The first-order chi connectivity index (χ1) is 13.6. The van der Waals surface area contributed by atoms with E-state index in [1.807, 2.05) is 24.3 Å². The molecule has 2 heterocycles. The molecule has 0 unspecified atom stereocenters. The number of para-hydroxylation sites is 1. The van der Waals surface area contributed by atoms with Crippen molar-refractivity contribution in [3.8, 4) is 11.5 Å². The molecule has 1 aromatic heterocycles. The first-order valence-electron chi connectivity index (χ1n) is 8.83. The minimum atomic E-state index is -0.909. The van der Waals surface area contributed by atoms with Gasteiger partial charge in [0, 0.05) is 18.2 Å². The first-order valence-corrected chi connectivity index (χ1v) is 9.64. The number of carbonyl (C=O) groups excluding carboxylic acids is 2. The van der Waals surface area contributed by atoms with Crippen LogP contribution in [0.25, 0.3) is 10.2 Å². The Balaban J connectivity index is 1.28. The lowest BCUT2D eigenvalue weighted by atomic mass is 10.2. The molecule has 1 amide bonds. The number of aryl methyl sites for hydroxylation is 1. The van der Waals surface area contributed by atoms with Gasteiger partial charge in [-0.3, -0.25) is 9.59 Å². The van der Waals surface area contributed by atoms with Crippen LogP contribution in [0, 0.1) is 0 Å². The summed E-state index contributed by atoms with van der Waals surface area (Å²) in [6.07, 6.45) is -0.260. The van der Waals surface area contributed by atoms with Crippen molar-refractivity contribution in [2.24, 2.45) is 0 Å². The van der Waals surface area contributed by atoms with Gasteiger partial charge in [-0.05, 0) is 31.2 Å². The highest BCUT2D eigenvalue weighted by atomic mass is 32.1. The van der Waals surface area contributed by atoms with Gasteiger partial charge in [-0.15, -0.1) is 11.3 Å². The molecule has 28 heavy (non-hydrogen) atoms. The second-order valence-corrected chi connectivity index (χ2v) is 7.38. The molecule has 1 aliphatic heterocycles. The van der Waals surface area contributed by atoms with Crippen LogP contribution < -0.4 is 14.8 Å². The zero-order chi connectivity index (χ0) is 19.5. The fraction of sp³-hybridized carbons (Fsp3) is 0.250. The van der Waals surface area contributed by atoms with E-state index < -0.39 is 18.0 Å². The molecular weight excluding hydrogens is 380 g/mol.